The van der Waals surface area contributed by atoms with Gasteiger partial charge in [0.15, 0.2) is 0 Å². The van der Waals surface area contributed by atoms with Crippen molar-refractivity contribution in [1.29, 1.82) is 0 Å². The zero-order chi connectivity index (χ0) is 15.9. The van der Waals surface area contributed by atoms with Crippen LogP contribution in [-0.4, -0.2) is 17.6 Å². The Morgan fingerprint density at radius 3 is 2.41 bits per heavy atom. The van der Waals surface area contributed by atoms with Gasteiger partial charge in [0.05, 0.1) is 11.3 Å². The Labute approximate surface area is 139 Å². The van der Waals surface area contributed by atoms with Crippen molar-refractivity contribution >= 4 is 39.5 Å². The molecule has 4 nitrogen and oxygen atoms in total. The van der Waals surface area contributed by atoms with Crippen LogP contribution in [0.25, 0.3) is 0 Å². The Morgan fingerprint density at radius 1 is 1.05 bits per heavy atom. The first kappa shape index (κ1) is 16.5. The lowest BCUT2D eigenvalue weighted by atomic mass is 10.2. The molecule has 0 radical (unpaired) electrons. The molecule has 0 heterocycles. The Hall–Kier alpha value is -1.86. The summed E-state index contributed by atoms with van der Waals surface area (Å²) in [5.74, 6) is -1.57. The number of benzene rings is 2. The number of nitrogens with one attached hydrogen (secondary N) is 2. The van der Waals surface area contributed by atoms with Crippen LogP contribution in [0, 0.1) is 5.82 Å². The molecular formula is C15H12BrFN2O2S. The highest BCUT2D eigenvalue weighted by Gasteiger charge is 2.11. The smallest absolute Gasteiger partial charge is 0.272 e. The summed E-state index contributed by atoms with van der Waals surface area (Å²) in [6, 6.07) is 13.1. The quantitative estimate of drug-likeness (QED) is 0.630. The first-order valence-corrected chi connectivity index (χ1v) is 8.06. The van der Waals surface area contributed by atoms with E-state index in [1.165, 1.54) is 30.0 Å². The second kappa shape index (κ2) is 7.95. The molecule has 0 aliphatic rings. The fraction of sp³-hybridized carbons (Fsp3) is 0.0667. The average molecular weight is 383 g/mol. The third kappa shape index (κ3) is 4.85. The molecule has 0 aliphatic heterocycles. The van der Waals surface area contributed by atoms with Gasteiger partial charge in [-0.25, -0.2) is 4.39 Å². The summed E-state index contributed by atoms with van der Waals surface area (Å²) in [6.45, 7) is 0. The molecule has 2 rings (SSSR count). The first-order chi connectivity index (χ1) is 10.6. The summed E-state index contributed by atoms with van der Waals surface area (Å²) in [5, 5.41) is 0. The van der Waals surface area contributed by atoms with Crippen molar-refractivity contribution in [2.24, 2.45) is 0 Å². The number of thioether (sulfide) groups is 1. The Balaban J connectivity index is 1.79. The highest BCUT2D eigenvalue weighted by Crippen LogP contribution is 2.20. The molecule has 0 aromatic heterocycles. The Morgan fingerprint density at radius 2 is 1.73 bits per heavy atom. The van der Waals surface area contributed by atoms with Gasteiger partial charge >= 0.3 is 0 Å². The molecule has 0 bridgehead atoms. The monoisotopic (exact) mass is 382 g/mol. The van der Waals surface area contributed by atoms with Crippen LogP contribution in [0.1, 0.15) is 10.4 Å². The zero-order valence-electron chi connectivity index (χ0n) is 11.3. The lowest BCUT2D eigenvalue weighted by Gasteiger charge is -2.08. The van der Waals surface area contributed by atoms with Crippen molar-refractivity contribution < 1.29 is 14.0 Å². The summed E-state index contributed by atoms with van der Waals surface area (Å²) in [6.07, 6.45) is 0. The summed E-state index contributed by atoms with van der Waals surface area (Å²) >= 11 is 4.66. The van der Waals surface area contributed by atoms with E-state index in [4.69, 9.17) is 0 Å². The minimum absolute atomic E-state index is 0.122. The van der Waals surface area contributed by atoms with Gasteiger partial charge in [0.1, 0.15) is 5.82 Å². The van der Waals surface area contributed by atoms with E-state index in [0.29, 0.717) is 0 Å². The lowest BCUT2D eigenvalue weighted by molar-refractivity contribution is -0.119. The standard InChI is InChI=1S/C15H12BrFN2O2S/c16-10-5-7-11(8-6-10)22-9-14(20)18-19-15(21)12-3-1-2-4-13(12)17/h1-8H,9H2,(H,18,20)(H,19,21). The van der Waals surface area contributed by atoms with Crippen molar-refractivity contribution in [1.82, 2.24) is 10.9 Å². The van der Waals surface area contributed by atoms with Gasteiger partial charge in [-0.2, -0.15) is 0 Å². The maximum Gasteiger partial charge on any atom is 0.272 e. The van der Waals surface area contributed by atoms with E-state index in [0.717, 1.165) is 9.37 Å². The van der Waals surface area contributed by atoms with Gasteiger partial charge in [-0.15, -0.1) is 11.8 Å². The minimum atomic E-state index is -0.694. The van der Waals surface area contributed by atoms with E-state index in [9.17, 15) is 14.0 Å². The van der Waals surface area contributed by atoms with Crippen LogP contribution >= 0.6 is 27.7 Å². The molecular weight excluding hydrogens is 371 g/mol. The molecule has 0 atom stereocenters. The van der Waals surface area contributed by atoms with Crippen molar-refractivity contribution in [3.05, 3.63) is 64.4 Å². The normalized spacial score (nSPS) is 10.1. The molecule has 0 fully saturated rings. The Kier molecular flexibility index (Phi) is 5.97. The SMILES string of the molecule is O=C(CSc1ccc(Br)cc1)NNC(=O)c1ccccc1F. The summed E-state index contributed by atoms with van der Waals surface area (Å²) in [5.41, 5.74) is 4.32. The van der Waals surface area contributed by atoms with Gasteiger partial charge in [-0.05, 0) is 36.4 Å². The molecule has 2 amide bonds. The maximum absolute atomic E-state index is 13.4. The molecule has 0 unspecified atom stereocenters. The summed E-state index contributed by atoms with van der Waals surface area (Å²) < 4.78 is 14.3. The van der Waals surface area contributed by atoms with E-state index in [1.54, 1.807) is 6.07 Å². The van der Waals surface area contributed by atoms with Crippen molar-refractivity contribution in [3.8, 4) is 0 Å². The second-order valence-corrected chi connectivity index (χ2v) is 6.19. The highest BCUT2D eigenvalue weighted by atomic mass is 79.9. The molecule has 0 aliphatic carbocycles. The van der Waals surface area contributed by atoms with Crippen LogP contribution in [0.2, 0.25) is 0 Å². The van der Waals surface area contributed by atoms with Crippen LogP contribution in [0.5, 0.6) is 0 Å². The van der Waals surface area contributed by atoms with Gasteiger partial charge in [-0.1, -0.05) is 28.1 Å². The fourth-order valence-corrected chi connectivity index (χ4v) is 2.52. The van der Waals surface area contributed by atoms with E-state index >= 15 is 0 Å². The predicted molar refractivity (Wildman–Crippen MR) is 86.9 cm³/mol. The third-order valence-corrected chi connectivity index (χ3v) is 4.16. The van der Waals surface area contributed by atoms with Crippen molar-refractivity contribution in [3.63, 3.8) is 0 Å². The molecule has 2 aromatic carbocycles. The molecule has 0 saturated carbocycles. The highest BCUT2D eigenvalue weighted by molar-refractivity contribution is 9.10. The van der Waals surface area contributed by atoms with Crippen LogP contribution in [0.4, 0.5) is 4.39 Å². The first-order valence-electron chi connectivity index (χ1n) is 6.28. The molecule has 2 N–H and O–H groups in total. The summed E-state index contributed by atoms with van der Waals surface area (Å²) in [7, 11) is 0. The number of hydrogen-bond acceptors (Lipinski definition) is 3. The van der Waals surface area contributed by atoms with Gasteiger partial charge in [0.25, 0.3) is 5.91 Å². The number of carbonyl (C=O) groups excluding carboxylic acids is 2. The van der Waals surface area contributed by atoms with Crippen LogP contribution in [0.15, 0.2) is 57.9 Å². The average Bonchev–Trinajstić information content (AvgIpc) is 2.52. The van der Waals surface area contributed by atoms with E-state index in [1.807, 2.05) is 24.3 Å². The minimum Gasteiger partial charge on any atom is -0.272 e. The topological polar surface area (TPSA) is 58.2 Å². The number of hydrogen-bond donors (Lipinski definition) is 2. The number of rotatable bonds is 4. The van der Waals surface area contributed by atoms with E-state index in [2.05, 4.69) is 26.8 Å². The molecule has 114 valence electrons. The second-order valence-electron chi connectivity index (χ2n) is 4.22. The molecule has 7 heteroatoms. The van der Waals surface area contributed by atoms with Crippen LogP contribution < -0.4 is 10.9 Å². The lowest BCUT2D eigenvalue weighted by Crippen LogP contribution is -2.42. The van der Waals surface area contributed by atoms with E-state index < -0.39 is 11.7 Å². The van der Waals surface area contributed by atoms with Crippen molar-refractivity contribution in [2.75, 3.05) is 5.75 Å². The van der Waals surface area contributed by atoms with Crippen LogP contribution in [-0.2, 0) is 4.79 Å². The third-order valence-electron chi connectivity index (χ3n) is 2.62. The summed E-state index contributed by atoms with van der Waals surface area (Å²) in [4.78, 5) is 24.3. The number of amides is 2. The van der Waals surface area contributed by atoms with Gasteiger partial charge in [-0.3, -0.25) is 20.4 Å². The van der Waals surface area contributed by atoms with Crippen molar-refractivity contribution in [2.45, 2.75) is 4.90 Å². The van der Waals surface area contributed by atoms with Gasteiger partial charge in [0.2, 0.25) is 5.91 Å². The van der Waals surface area contributed by atoms with Gasteiger partial charge < -0.3 is 0 Å². The van der Waals surface area contributed by atoms with Crippen LogP contribution in [0.3, 0.4) is 0 Å². The Bertz CT molecular complexity index is 679. The maximum atomic E-state index is 13.4. The molecule has 0 spiro atoms. The number of hydrazine groups is 1. The number of carbonyl (C=O) groups is 2. The molecule has 0 saturated heterocycles. The number of halogens is 2. The fourth-order valence-electron chi connectivity index (χ4n) is 1.55. The van der Waals surface area contributed by atoms with E-state index in [-0.39, 0.29) is 17.2 Å². The predicted octanol–water partition coefficient (Wildman–Crippen LogP) is 3.14. The zero-order valence-corrected chi connectivity index (χ0v) is 13.7. The van der Waals surface area contributed by atoms with Gasteiger partial charge in [0, 0.05) is 9.37 Å². The largest absolute Gasteiger partial charge is 0.272 e. The molecule has 2 aromatic rings. The molecule has 22 heavy (non-hydrogen) atoms.